The molecular formula is C18H15N3O3. The Labute approximate surface area is 139 Å². The molecule has 0 fully saturated rings. The Kier molecular flexibility index (Phi) is 4.76. The first kappa shape index (κ1) is 15.6. The molecule has 0 bridgehead atoms. The number of nitrogens with zero attached hydrogens (tertiary/aromatic N) is 3. The molecule has 6 heteroatoms. The van der Waals surface area contributed by atoms with Crippen molar-refractivity contribution in [1.82, 2.24) is 15.0 Å². The highest BCUT2D eigenvalue weighted by molar-refractivity contribution is 5.92. The Morgan fingerprint density at radius 2 is 1.92 bits per heavy atom. The minimum Gasteiger partial charge on any atom is -0.484 e. The summed E-state index contributed by atoms with van der Waals surface area (Å²) < 4.78 is 10.7. The number of aromatic nitrogens is 3. The monoisotopic (exact) mass is 321 g/mol. The van der Waals surface area contributed by atoms with Gasteiger partial charge in [-0.15, -0.1) is 0 Å². The van der Waals surface area contributed by atoms with Gasteiger partial charge >= 0.3 is 5.97 Å². The third kappa shape index (κ3) is 3.38. The van der Waals surface area contributed by atoms with Crippen LogP contribution in [0.5, 0.6) is 5.75 Å². The van der Waals surface area contributed by atoms with E-state index in [4.69, 9.17) is 9.47 Å². The number of benzene rings is 1. The maximum absolute atomic E-state index is 12.0. The van der Waals surface area contributed by atoms with Crippen LogP contribution < -0.4 is 4.74 Å². The predicted molar refractivity (Wildman–Crippen MR) is 87.4 cm³/mol. The van der Waals surface area contributed by atoms with Gasteiger partial charge in [-0.3, -0.25) is 4.98 Å². The number of pyridine rings is 1. The van der Waals surface area contributed by atoms with E-state index in [1.54, 1.807) is 18.5 Å². The van der Waals surface area contributed by atoms with Crippen LogP contribution in [0.1, 0.15) is 16.1 Å². The fourth-order valence-corrected chi connectivity index (χ4v) is 2.19. The molecule has 1 aromatic carbocycles. The van der Waals surface area contributed by atoms with Crippen molar-refractivity contribution in [3.05, 3.63) is 72.4 Å². The van der Waals surface area contributed by atoms with Gasteiger partial charge in [0.25, 0.3) is 0 Å². The number of hydrogen-bond donors (Lipinski definition) is 0. The summed E-state index contributed by atoms with van der Waals surface area (Å²) in [4.78, 5) is 24.4. The second-order valence-electron chi connectivity index (χ2n) is 4.91. The Balaban J connectivity index is 2.01. The normalized spacial score (nSPS) is 10.2. The van der Waals surface area contributed by atoms with Gasteiger partial charge in [0, 0.05) is 18.0 Å². The number of esters is 1. The summed E-state index contributed by atoms with van der Waals surface area (Å²) in [5.41, 5.74) is 2.28. The predicted octanol–water partition coefficient (Wildman–Crippen LogP) is 2.90. The van der Waals surface area contributed by atoms with Gasteiger partial charge in [0.15, 0.2) is 11.4 Å². The Bertz CT molecular complexity index is 823. The van der Waals surface area contributed by atoms with E-state index in [2.05, 4.69) is 15.0 Å². The quantitative estimate of drug-likeness (QED) is 0.673. The molecule has 0 aliphatic heterocycles. The molecule has 2 aromatic heterocycles. The lowest BCUT2D eigenvalue weighted by atomic mass is 10.1. The summed E-state index contributed by atoms with van der Waals surface area (Å²) in [5.74, 6) is -0.299. The van der Waals surface area contributed by atoms with Crippen LogP contribution in [0.15, 0.2) is 61.2 Å². The first-order valence-corrected chi connectivity index (χ1v) is 7.30. The number of methoxy groups -OCH3 is 1. The second kappa shape index (κ2) is 7.32. The smallest absolute Gasteiger partial charge is 0.360 e. The number of ether oxygens (including phenoxy) is 2. The van der Waals surface area contributed by atoms with Crippen LogP contribution in [-0.4, -0.2) is 28.0 Å². The van der Waals surface area contributed by atoms with Crippen LogP contribution in [0, 0.1) is 0 Å². The zero-order valence-electron chi connectivity index (χ0n) is 13.0. The summed E-state index contributed by atoms with van der Waals surface area (Å²) in [5, 5.41) is 0. The molecule has 0 aliphatic rings. The summed E-state index contributed by atoms with van der Waals surface area (Å²) in [6, 6.07) is 13.3. The minimum atomic E-state index is -0.578. The summed E-state index contributed by atoms with van der Waals surface area (Å²) in [6.45, 7) is 0.283. The van der Waals surface area contributed by atoms with Gasteiger partial charge in [-0.25, -0.2) is 14.8 Å². The maximum atomic E-state index is 12.0. The molecule has 24 heavy (non-hydrogen) atoms. The van der Waals surface area contributed by atoms with E-state index in [1.165, 1.54) is 13.4 Å². The fraction of sp³-hybridized carbons (Fsp3) is 0.111. The molecule has 3 rings (SSSR count). The van der Waals surface area contributed by atoms with Crippen molar-refractivity contribution < 1.29 is 14.3 Å². The van der Waals surface area contributed by atoms with E-state index in [-0.39, 0.29) is 18.1 Å². The molecule has 0 saturated carbocycles. The van der Waals surface area contributed by atoms with Gasteiger partial charge in [-0.1, -0.05) is 30.3 Å². The third-order valence-electron chi connectivity index (χ3n) is 3.34. The van der Waals surface area contributed by atoms with Gasteiger partial charge in [-0.05, 0) is 17.7 Å². The van der Waals surface area contributed by atoms with Crippen molar-refractivity contribution in [3.8, 4) is 17.0 Å². The van der Waals surface area contributed by atoms with Gasteiger partial charge < -0.3 is 9.47 Å². The Morgan fingerprint density at radius 1 is 1.08 bits per heavy atom. The average Bonchev–Trinajstić information content (AvgIpc) is 2.67. The molecule has 0 N–H and O–H groups in total. The lowest BCUT2D eigenvalue weighted by Gasteiger charge is -2.13. The van der Waals surface area contributed by atoms with E-state index >= 15 is 0 Å². The maximum Gasteiger partial charge on any atom is 0.360 e. The van der Waals surface area contributed by atoms with Crippen LogP contribution in [0.3, 0.4) is 0 Å². The number of hydrogen-bond acceptors (Lipinski definition) is 6. The minimum absolute atomic E-state index is 0.0854. The molecule has 2 heterocycles. The third-order valence-corrected chi connectivity index (χ3v) is 3.34. The summed E-state index contributed by atoms with van der Waals surface area (Å²) >= 11 is 0. The summed E-state index contributed by atoms with van der Waals surface area (Å²) in [6.07, 6.45) is 4.62. The van der Waals surface area contributed by atoms with Gasteiger partial charge in [0.05, 0.1) is 7.11 Å². The zero-order chi connectivity index (χ0) is 16.8. The highest BCUT2D eigenvalue weighted by Gasteiger charge is 2.21. The van der Waals surface area contributed by atoms with Crippen molar-refractivity contribution in [1.29, 1.82) is 0 Å². The topological polar surface area (TPSA) is 74.2 Å². The van der Waals surface area contributed by atoms with Crippen LogP contribution in [0.2, 0.25) is 0 Å². The molecular weight excluding hydrogens is 306 g/mol. The van der Waals surface area contributed by atoms with Gasteiger partial charge in [-0.2, -0.15) is 0 Å². The largest absolute Gasteiger partial charge is 0.484 e. The first-order valence-electron chi connectivity index (χ1n) is 7.30. The van der Waals surface area contributed by atoms with E-state index < -0.39 is 5.97 Å². The average molecular weight is 321 g/mol. The molecule has 0 amide bonds. The highest BCUT2D eigenvalue weighted by Crippen LogP contribution is 2.30. The van der Waals surface area contributed by atoms with E-state index in [1.807, 2.05) is 36.4 Å². The molecule has 0 radical (unpaired) electrons. The second-order valence-corrected chi connectivity index (χ2v) is 4.91. The fourth-order valence-electron chi connectivity index (χ4n) is 2.19. The SMILES string of the molecule is COC(=O)c1ncnc(-c2cccnc2)c1OCc1ccccc1. The lowest BCUT2D eigenvalue weighted by molar-refractivity contribution is 0.0588. The molecule has 0 unspecified atom stereocenters. The Hall–Kier alpha value is -3.28. The van der Waals surface area contributed by atoms with E-state index in [0.717, 1.165) is 11.1 Å². The molecule has 6 nitrogen and oxygen atoms in total. The number of carbonyl (C=O) groups excluding carboxylic acids is 1. The van der Waals surface area contributed by atoms with Crippen molar-refractivity contribution in [2.24, 2.45) is 0 Å². The lowest BCUT2D eigenvalue weighted by Crippen LogP contribution is -2.10. The number of carbonyl (C=O) groups is 1. The van der Waals surface area contributed by atoms with Crippen LogP contribution in [-0.2, 0) is 11.3 Å². The molecule has 3 aromatic rings. The van der Waals surface area contributed by atoms with E-state index in [9.17, 15) is 4.79 Å². The highest BCUT2D eigenvalue weighted by atomic mass is 16.5. The van der Waals surface area contributed by atoms with Gasteiger partial charge in [0.2, 0.25) is 0 Å². The van der Waals surface area contributed by atoms with Crippen molar-refractivity contribution in [2.75, 3.05) is 7.11 Å². The first-order chi connectivity index (χ1) is 11.8. The van der Waals surface area contributed by atoms with Crippen molar-refractivity contribution >= 4 is 5.97 Å². The van der Waals surface area contributed by atoms with Gasteiger partial charge in [0.1, 0.15) is 18.6 Å². The molecule has 120 valence electrons. The summed E-state index contributed by atoms with van der Waals surface area (Å²) in [7, 11) is 1.30. The molecule has 0 spiro atoms. The standard InChI is InChI=1S/C18H15N3O3/c1-23-18(22)16-17(24-11-13-6-3-2-4-7-13)15(20-12-21-16)14-8-5-9-19-10-14/h2-10,12H,11H2,1H3. The molecule has 0 atom stereocenters. The zero-order valence-corrected chi connectivity index (χ0v) is 13.0. The van der Waals surface area contributed by atoms with Crippen molar-refractivity contribution in [2.45, 2.75) is 6.61 Å². The van der Waals surface area contributed by atoms with E-state index in [0.29, 0.717) is 5.69 Å². The molecule has 0 saturated heterocycles. The Morgan fingerprint density at radius 3 is 2.62 bits per heavy atom. The number of rotatable bonds is 5. The molecule has 0 aliphatic carbocycles. The van der Waals surface area contributed by atoms with Crippen LogP contribution in [0.25, 0.3) is 11.3 Å². The van der Waals surface area contributed by atoms with Crippen molar-refractivity contribution in [3.63, 3.8) is 0 Å². The van der Waals surface area contributed by atoms with Crippen LogP contribution in [0.4, 0.5) is 0 Å². The van der Waals surface area contributed by atoms with Crippen LogP contribution >= 0.6 is 0 Å².